The van der Waals surface area contributed by atoms with Crippen molar-refractivity contribution < 1.29 is 9.47 Å². The molecule has 1 aliphatic heterocycles. The summed E-state index contributed by atoms with van der Waals surface area (Å²) >= 11 is 1.63. The van der Waals surface area contributed by atoms with Gasteiger partial charge in [-0.25, -0.2) is 4.98 Å². The third kappa shape index (κ3) is 2.19. The minimum absolute atomic E-state index is 0.0183. The Labute approximate surface area is 109 Å². The lowest BCUT2D eigenvalue weighted by Crippen LogP contribution is -2.10. The van der Waals surface area contributed by atoms with E-state index in [2.05, 4.69) is 4.98 Å². The lowest BCUT2D eigenvalue weighted by molar-refractivity contribution is 0.297. The van der Waals surface area contributed by atoms with Crippen LogP contribution in [0.25, 0.3) is 0 Å². The molecule has 0 amide bonds. The highest BCUT2D eigenvalue weighted by Gasteiger charge is 2.20. The van der Waals surface area contributed by atoms with Crippen LogP contribution in [0.3, 0.4) is 0 Å². The number of nitrogens with two attached hydrogens (primary N) is 1. The van der Waals surface area contributed by atoms with Gasteiger partial charge in [0.2, 0.25) is 0 Å². The van der Waals surface area contributed by atoms with Crippen molar-refractivity contribution in [3.63, 3.8) is 0 Å². The molecule has 1 aliphatic rings. The number of rotatable bonds is 3. The summed E-state index contributed by atoms with van der Waals surface area (Å²) in [5, 5.41) is 3.06. The minimum Gasteiger partial charge on any atom is -0.491 e. The Bertz CT molecular complexity index is 568. The topological polar surface area (TPSA) is 57.4 Å². The van der Waals surface area contributed by atoms with E-state index in [0.717, 1.165) is 27.8 Å². The maximum Gasteiger partial charge on any atom is 0.131 e. The van der Waals surface area contributed by atoms with E-state index < -0.39 is 0 Å². The third-order valence-corrected chi connectivity index (χ3v) is 3.68. The van der Waals surface area contributed by atoms with Crippen molar-refractivity contribution in [2.45, 2.75) is 19.6 Å². The van der Waals surface area contributed by atoms with Crippen LogP contribution >= 0.6 is 11.3 Å². The third-order valence-electron chi connectivity index (χ3n) is 2.86. The molecule has 1 unspecified atom stereocenters. The Kier molecular flexibility index (Phi) is 2.93. The Hall–Kier alpha value is -1.59. The average Bonchev–Trinajstić information content (AvgIpc) is 2.94. The van der Waals surface area contributed by atoms with Crippen molar-refractivity contribution >= 4 is 11.3 Å². The molecule has 0 radical (unpaired) electrons. The van der Waals surface area contributed by atoms with Crippen LogP contribution < -0.4 is 15.2 Å². The molecule has 2 aromatic rings. The monoisotopic (exact) mass is 262 g/mol. The van der Waals surface area contributed by atoms with Crippen molar-refractivity contribution in [3.8, 4) is 11.5 Å². The van der Waals surface area contributed by atoms with Crippen molar-refractivity contribution in [3.05, 3.63) is 39.8 Å². The van der Waals surface area contributed by atoms with Crippen LogP contribution in [0.2, 0.25) is 0 Å². The van der Waals surface area contributed by atoms with Gasteiger partial charge < -0.3 is 15.2 Å². The summed E-state index contributed by atoms with van der Waals surface area (Å²) in [6.45, 7) is 3.01. The number of aryl methyl sites for hydroxylation is 1. The molecule has 0 spiro atoms. The molecule has 1 aromatic heterocycles. The summed E-state index contributed by atoms with van der Waals surface area (Å²) in [7, 11) is 0. The van der Waals surface area contributed by atoms with Gasteiger partial charge in [-0.1, -0.05) is 0 Å². The predicted octanol–water partition coefficient (Wildman–Crippen LogP) is 2.42. The molecule has 0 saturated carbocycles. The van der Waals surface area contributed by atoms with Gasteiger partial charge in [0.25, 0.3) is 0 Å². The van der Waals surface area contributed by atoms with Crippen molar-refractivity contribution in [1.82, 2.24) is 4.98 Å². The second-order valence-corrected chi connectivity index (χ2v) is 5.33. The number of hydrogen-bond acceptors (Lipinski definition) is 5. The van der Waals surface area contributed by atoms with Crippen LogP contribution in [0.5, 0.6) is 11.5 Å². The molecule has 94 valence electrons. The molecule has 0 aliphatic carbocycles. The van der Waals surface area contributed by atoms with Gasteiger partial charge in [0.15, 0.2) is 0 Å². The van der Waals surface area contributed by atoms with Crippen LogP contribution in [-0.2, 0) is 6.61 Å². The van der Waals surface area contributed by atoms with Crippen LogP contribution in [0, 0.1) is 6.92 Å². The molecule has 0 bridgehead atoms. The summed E-state index contributed by atoms with van der Waals surface area (Å²) in [6, 6.07) is 5.76. The Morgan fingerprint density at radius 1 is 1.56 bits per heavy atom. The summed E-state index contributed by atoms with van der Waals surface area (Å²) in [4.78, 5) is 4.35. The normalized spacial score (nSPS) is 17.3. The Morgan fingerprint density at radius 2 is 2.44 bits per heavy atom. The number of hydrogen-bond donors (Lipinski definition) is 1. The average molecular weight is 262 g/mol. The fourth-order valence-electron chi connectivity index (χ4n) is 1.94. The highest BCUT2D eigenvalue weighted by molar-refractivity contribution is 7.09. The van der Waals surface area contributed by atoms with Crippen molar-refractivity contribution in [1.29, 1.82) is 0 Å². The second kappa shape index (κ2) is 4.59. The summed E-state index contributed by atoms with van der Waals surface area (Å²) in [5.74, 6) is 1.61. The maximum atomic E-state index is 5.89. The standard InChI is InChI=1S/C13H14N2O2S/c1-8-15-9(7-18-8)5-16-10-2-3-11-12(14)6-17-13(11)4-10/h2-4,7,12H,5-6,14H2,1H3. The van der Waals surface area contributed by atoms with E-state index in [0.29, 0.717) is 13.2 Å². The Balaban J connectivity index is 1.70. The van der Waals surface area contributed by atoms with Crippen LogP contribution in [0.15, 0.2) is 23.6 Å². The second-order valence-electron chi connectivity index (χ2n) is 4.26. The van der Waals surface area contributed by atoms with Crippen LogP contribution in [0.1, 0.15) is 22.3 Å². The Morgan fingerprint density at radius 3 is 3.22 bits per heavy atom. The lowest BCUT2D eigenvalue weighted by Gasteiger charge is -2.06. The van der Waals surface area contributed by atoms with Crippen molar-refractivity contribution in [2.75, 3.05) is 6.61 Å². The first-order valence-electron chi connectivity index (χ1n) is 5.78. The molecule has 18 heavy (non-hydrogen) atoms. The highest BCUT2D eigenvalue weighted by atomic mass is 32.1. The molecule has 4 nitrogen and oxygen atoms in total. The number of thiazole rings is 1. The molecule has 0 fully saturated rings. The van der Waals surface area contributed by atoms with Gasteiger partial charge >= 0.3 is 0 Å². The number of fused-ring (bicyclic) bond motifs is 1. The highest BCUT2D eigenvalue weighted by Crippen LogP contribution is 2.34. The number of benzene rings is 1. The fourth-order valence-corrected chi connectivity index (χ4v) is 2.53. The summed E-state index contributed by atoms with van der Waals surface area (Å²) < 4.78 is 11.2. The fraction of sp³-hybridized carbons (Fsp3) is 0.308. The molecule has 1 aromatic carbocycles. The van der Waals surface area contributed by atoms with Gasteiger partial charge in [0, 0.05) is 17.0 Å². The van der Waals surface area contributed by atoms with Crippen LogP contribution in [0.4, 0.5) is 0 Å². The molecule has 2 N–H and O–H groups in total. The van der Waals surface area contributed by atoms with E-state index >= 15 is 0 Å². The lowest BCUT2D eigenvalue weighted by atomic mass is 10.1. The zero-order valence-electron chi connectivity index (χ0n) is 10.1. The number of aromatic nitrogens is 1. The molecule has 2 heterocycles. The van der Waals surface area contributed by atoms with Gasteiger partial charge in [-0.05, 0) is 19.1 Å². The van der Waals surface area contributed by atoms with Gasteiger partial charge in [-0.3, -0.25) is 0 Å². The maximum absolute atomic E-state index is 5.89. The van der Waals surface area contributed by atoms with Gasteiger partial charge in [-0.15, -0.1) is 11.3 Å². The zero-order chi connectivity index (χ0) is 12.5. The molecule has 0 saturated heterocycles. The van der Waals surface area contributed by atoms with E-state index in [1.807, 2.05) is 30.5 Å². The molecule has 1 atom stereocenters. The summed E-state index contributed by atoms with van der Waals surface area (Å²) in [5.41, 5.74) is 7.89. The van der Waals surface area contributed by atoms with Crippen LogP contribution in [-0.4, -0.2) is 11.6 Å². The van der Waals surface area contributed by atoms with Crippen molar-refractivity contribution in [2.24, 2.45) is 5.73 Å². The number of ether oxygens (including phenoxy) is 2. The molecule has 5 heteroatoms. The first-order valence-corrected chi connectivity index (χ1v) is 6.66. The van der Waals surface area contributed by atoms with E-state index in [1.54, 1.807) is 11.3 Å². The number of nitrogens with zero attached hydrogens (tertiary/aromatic N) is 1. The van der Waals surface area contributed by atoms with Gasteiger partial charge in [0.05, 0.1) is 16.7 Å². The van der Waals surface area contributed by atoms with E-state index in [1.165, 1.54) is 0 Å². The first kappa shape index (κ1) is 11.5. The van der Waals surface area contributed by atoms with E-state index in [9.17, 15) is 0 Å². The predicted molar refractivity (Wildman–Crippen MR) is 70.0 cm³/mol. The van der Waals surface area contributed by atoms with E-state index in [-0.39, 0.29) is 6.04 Å². The zero-order valence-corrected chi connectivity index (χ0v) is 10.9. The molecular formula is C13H14N2O2S. The molecular weight excluding hydrogens is 248 g/mol. The largest absolute Gasteiger partial charge is 0.491 e. The summed E-state index contributed by atoms with van der Waals surface area (Å²) in [6.07, 6.45) is 0. The first-order chi connectivity index (χ1) is 8.72. The SMILES string of the molecule is Cc1nc(COc2ccc3c(c2)OCC3N)cs1. The van der Waals surface area contributed by atoms with Gasteiger partial charge in [0.1, 0.15) is 24.7 Å². The minimum atomic E-state index is -0.0183. The quantitative estimate of drug-likeness (QED) is 0.923. The molecule has 3 rings (SSSR count). The van der Waals surface area contributed by atoms with E-state index in [4.69, 9.17) is 15.2 Å². The van der Waals surface area contributed by atoms with Gasteiger partial charge in [-0.2, -0.15) is 0 Å². The smallest absolute Gasteiger partial charge is 0.131 e.